The Labute approximate surface area is 126 Å². The molecule has 0 saturated heterocycles. The molecule has 0 spiro atoms. The van der Waals surface area contributed by atoms with Gasteiger partial charge in [0.15, 0.2) is 0 Å². The van der Waals surface area contributed by atoms with Crippen molar-refractivity contribution in [3.63, 3.8) is 0 Å². The standard InChI is InChI=1S/C17H11N3S/c21-17-14-6-2-1-5-13(14)16(19-20-17)12-7-8-15-11(10-12)4-3-9-18-15/h1-10H,(H,20,21). The molecule has 0 bridgehead atoms. The van der Waals surface area contributed by atoms with Gasteiger partial charge >= 0.3 is 0 Å². The van der Waals surface area contributed by atoms with Gasteiger partial charge in [0.25, 0.3) is 0 Å². The number of hydrogen-bond acceptors (Lipinski definition) is 3. The van der Waals surface area contributed by atoms with Crippen LogP contribution in [0, 0.1) is 4.64 Å². The van der Waals surface area contributed by atoms with Gasteiger partial charge in [0, 0.05) is 27.9 Å². The van der Waals surface area contributed by atoms with E-state index in [2.05, 4.69) is 33.4 Å². The van der Waals surface area contributed by atoms with Gasteiger partial charge in [0.2, 0.25) is 0 Å². The van der Waals surface area contributed by atoms with Crippen molar-refractivity contribution in [2.24, 2.45) is 0 Å². The van der Waals surface area contributed by atoms with E-state index in [1.165, 1.54) is 0 Å². The summed E-state index contributed by atoms with van der Waals surface area (Å²) in [5, 5.41) is 10.5. The van der Waals surface area contributed by atoms with Crippen molar-refractivity contribution in [1.29, 1.82) is 0 Å². The molecule has 0 atom stereocenters. The number of aromatic amines is 1. The highest BCUT2D eigenvalue weighted by Crippen LogP contribution is 2.28. The molecule has 0 radical (unpaired) electrons. The number of H-pyrrole nitrogens is 1. The molecular weight excluding hydrogens is 278 g/mol. The predicted octanol–water partition coefficient (Wildman–Crippen LogP) is 4.51. The molecule has 4 aromatic rings. The molecule has 2 heterocycles. The fourth-order valence-electron chi connectivity index (χ4n) is 2.56. The van der Waals surface area contributed by atoms with Crippen LogP contribution in [0.3, 0.4) is 0 Å². The van der Waals surface area contributed by atoms with E-state index in [0.717, 1.165) is 32.9 Å². The summed E-state index contributed by atoms with van der Waals surface area (Å²) in [4.78, 5) is 4.35. The number of fused-ring (bicyclic) bond motifs is 2. The molecule has 0 unspecified atom stereocenters. The first-order valence-corrected chi connectivity index (χ1v) is 7.06. The monoisotopic (exact) mass is 289 g/mol. The van der Waals surface area contributed by atoms with E-state index in [1.54, 1.807) is 6.20 Å². The quantitative estimate of drug-likeness (QED) is 0.524. The average Bonchev–Trinajstić information content (AvgIpc) is 2.55. The van der Waals surface area contributed by atoms with Gasteiger partial charge in [-0.05, 0) is 18.2 Å². The molecule has 0 amide bonds. The van der Waals surface area contributed by atoms with Crippen molar-refractivity contribution in [2.75, 3.05) is 0 Å². The molecule has 3 nitrogen and oxygen atoms in total. The minimum atomic E-state index is 0.664. The van der Waals surface area contributed by atoms with Crippen LogP contribution in [0.1, 0.15) is 0 Å². The van der Waals surface area contributed by atoms with Crippen LogP contribution in [0.15, 0.2) is 60.8 Å². The molecule has 2 aromatic carbocycles. The summed E-state index contributed by atoms with van der Waals surface area (Å²) in [7, 11) is 0. The molecule has 0 aliphatic heterocycles. The molecule has 0 aliphatic carbocycles. The van der Waals surface area contributed by atoms with Crippen LogP contribution in [0.5, 0.6) is 0 Å². The van der Waals surface area contributed by atoms with Crippen molar-refractivity contribution in [3.8, 4) is 11.3 Å². The van der Waals surface area contributed by atoms with E-state index in [1.807, 2.05) is 36.4 Å². The van der Waals surface area contributed by atoms with E-state index in [0.29, 0.717) is 4.64 Å². The largest absolute Gasteiger partial charge is 0.267 e. The lowest BCUT2D eigenvalue weighted by atomic mass is 10.0. The van der Waals surface area contributed by atoms with Crippen LogP contribution in [-0.2, 0) is 0 Å². The van der Waals surface area contributed by atoms with Crippen LogP contribution in [0.2, 0.25) is 0 Å². The van der Waals surface area contributed by atoms with Gasteiger partial charge in [-0.2, -0.15) is 5.10 Å². The van der Waals surface area contributed by atoms with Gasteiger partial charge in [-0.1, -0.05) is 48.6 Å². The Bertz CT molecular complexity index is 1020. The predicted molar refractivity (Wildman–Crippen MR) is 87.7 cm³/mol. The van der Waals surface area contributed by atoms with E-state index in [9.17, 15) is 0 Å². The van der Waals surface area contributed by atoms with Gasteiger partial charge in [-0.15, -0.1) is 0 Å². The van der Waals surface area contributed by atoms with Gasteiger partial charge in [-0.25, -0.2) is 0 Å². The second kappa shape index (κ2) is 4.75. The number of nitrogens with one attached hydrogen (secondary N) is 1. The van der Waals surface area contributed by atoms with Crippen molar-refractivity contribution in [2.45, 2.75) is 0 Å². The molecule has 100 valence electrons. The van der Waals surface area contributed by atoms with Gasteiger partial charge in [0.1, 0.15) is 4.64 Å². The average molecular weight is 289 g/mol. The summed E-state index contributed by atoms with van der Waals surface area (Å²) < 4.78 is 0.664. The molecule has 21 heavy (non-hydrogen) atoms. The zero-order chi connectivity index (χ0) is 14.2. The second-order valence-corrected chi connectivity index (χ2v) is 5.27. The van der Waals surface area contributed by atoms with Gasteiger partial charge < -0.3 is 0 Å². The third-order valence-corrected chi connectivity index (χ3v) is 3.88. The molecule has 2 aromatic heterocycles. The number of pyridine rings is 1. The minimum absolute atomic E-state index is 0.664. The highest BCUT2D eigenvalue weighted by Gasteiger charge is 2.07. The van der Waals surface area contributed by atoms with E-state index >= 15 is 0 Å². The molecule has 4 rings (SSSR count). The third-order valence-electron chi connectivity index (χ3n) is 3.57. The Morgan fingerprint density at radius 1 is 0.905 bits per heavy atom. The van der Waals surface area contributed by atoms with Crippen molar-refractivity contribution in [3.05, 3.63) is 65.4 Å². The number of nitrogens with zero attached hydrogens (tertiary/aromatic N) is 2. The second-order valence-electron chi connectivity index (χ2n) is 4.86. The maximum Gasteiger partial charge on any atom is 0.127 e. The number of hydrogen-bond donors (Lipinski definition) is 1. The topological polar surface area (TPSA) is 41.6 Å². The van der Waals surface area contributed by atoms with Crippen LogP contribution < -0.4 is 0 Å². The zero-order valence-electron chi connectivity index (χ0n) is 11.1. The summed E-state index contributed by atoms with van der Waals surface area (Å²) in [6.45, 7) is 0. The summed E-state index contributed by atoms with van der Waals surface area (Å²) >= 11 is 5.31. The van der Waals surface area contributed by atoms with Crippen molar-refractivity contribution < 1.29 is 0 Å². The Kier molecular flexibility index (Phi) is 2.75. The number of rotatable bonds is 1. The summed E-state index contributed by atoms with van der Waals surface area (Å²) in [6, 6.07) is 18.2. The lowest BCUT2D eigenvalue weighted by Crippen LogP contribution is -1.91. The maximum atomic E-state index is 5.31. The Morgan fingerprint density at radius 3 is 2.67 bits per heavy atom. The van der Waals surface area contributed by atoms with Gasteiger partial charge in [-0.3, -0.25) is 10.1 Å². The van der Waals surface area contributed by atoms with Gasteiger partial charge in [0.05, 0.1) is 11.2 Å². The third kappa shape index (κ3) is 2.00. The maximum absolute atomic E-state index is 5.31. The molecule has 0 saturated carbocycles. The summed E-state index contributed by atoms with van der Waals surface area (Å²) in [5.41, 5.74) is 2.94. The fraction of sp³-hybridized carbons (Fsp3) is 0. The Hall–Kier alpha value is -2.59. The minimum Gasteiger partial charge on any atom is -0.267 e. The highest BCUT2D eigenvalue weighted by atomic mass is 32.1. The molecule has 0 fully saturated rings. The fourth-order valence-corrected chi connectivity index (χ4v) is 2.78. The van der Waals surface area contributed by atoms with Crippen LogP contribution >= 0.6 is 12.2 Å². The molecule has 0 aliphatic rings. The highest BCUT2D eigenvalue weighted by molar-refractivity contribution is 7.71. The van der Waals surface area contributed by atoms with E-state index in [-0.39, 0.29) is 0 Å². The SMILES string of the molecule is S=c1[nH]nc(-c2ccc3ncccc3c2)c2ccccc12. The van der Waals surface area contributed by atoms with Crippen LogP contribution in [-0.4, -0.2) is 15.2 Å². The number of aromatic nitrogens is 3. The lowest BCUT2D eigenvalue weighted by molar-refractivity contribution is 1.04. The zero-order valence-corrected chi connectivity index (χ0v) is 11.9. The Balaban J connectivity index is 2.04. The first-order chi connectivity index (χ1) is 10.3. The summed E-state index contributed by atoms with van der Waals surface area (Å²) in [6.07, 6.45) is 1.80. The number of benzene rings is 2. The summed E-state index contributed by atoms with van der Waals surface area (Å²) in [5.74, 6) is 0. The van der Waals surface area contributed by atoms with Crippen molar-refractivity contribution in [1.82, 2.24) is 15.2 Å². The van der Waals surface area contributed by atoms with E-state index in [4.69, 9.17) is 12.2 Å². The molecule has 1 N–H and O–H groups in total. The smallest absolute Gasteiger partial charge is 0.127 e. The van der Waals surface area contributed by atoms with Crippen LogP contribution in [0.25, 0.3) is 32.9 Å². The normalized spacial score (nSPS) is 11.0. The van der Waals surface area contributed by atoms with Crippen molar-refractivity contribution >= 4 is 33.9 Å². The lowest BCUT2D eigenvalue weighted by Gasteiger charge is -2.06. The molecular formula is C17H11N3S. The Morgan fingerprint density at radius 2 is 1.76 bits per heavy atom. The first kappa shape index (κ1) is 12.2. The first-order valence-electron chi connectivity index (χ1n) is 6.65. The molecule has 4 heteroatoms. The van der Waals surface area contributed by atoms with E-state index < -0.39 is 0 Å². The van der Waals surface area contributed by atoms with Crippen LogP contribution in [0.4, 0.5) is 0 Å².